The molecule has 0 spiro atoms. The maximum absolute atomic E-state index is 12.2. The van der Waals surface area contributed by atoms with Crippen LogP contribution in [0, 0.1) is 6.92 Å². The van der Waals surface area contributed by atoms with Crippen molar-refractivity contribution in [2.45, 2.75) is 50.3 Å². The topological polar surface area (TPSA) is 197 Å². The number of pyridine rings is 1. The molecule has 1 saturated heterocycles. The van der Waals surface area contributed by atoms with Crippen molar-refractivity contribution >= 4 is 45.9 Å². The molecule has 3 aromatic rings. The zero-order valence-electron chi connectivity index (χ0n) is 19.5. The van der Waals surface area contributed by atoms with Crippen LogP contribution in [0.2, 0.25) is 5.15 Å². The number of aryl methyl sites for hydroxylation is 2. The Bertz CT molecular complexity index is 1510. The number of nitrogens with one attached hydrogen (secondary N) is 1. The highest BCUT2D eigenvalue weighted by molar-refractivity contribution is 7.97. The van der Waals surface area contributed by atoms with Gasteiger partial charge >= 0.3 is 7.60 Å². The second kappa shape index (κ2) is 9.54. The molecule has 5 atom stereocenters. The predicted octanol–water partition coefficient (Wildman–Crippen LogP) is 1.06. The Kier molecular flexibility index (Phi) is 6.82. The molecule has 2 aliphatic rings. The molecule has 1 aliphatic heterocycles. The first-order valence-corrected chi connectivity index (χ1v) is 15.3. The van der Waals surface area contributed by atoms with Gasteiger partial charge in [-0.2, -0.15) is 4.68 Å². The lowest BCUT2D eigenvalue weighted by Gasteiger charge is -2.17. The van der Waals surface area contributed by atoms with Gasteiger partial charge in [0.05, 0.1) is 17.5 Å². The molecule has 1 unspecified atom stereocenters. The van der Waals surface area contributed by atoms with Crippen molar-refractivity contribution in [3.05, 3.63) is 46.1 Å². The Morgan fingerprint density at radius 3 is 2.73 bits per heavy atom. The highest BCUT2D eigenvalue weighted by Gasteiger charge is 2.47. The van der Waals surface area contributed by atoms with Crippen LogP contribution in [0.25, 0.3) is 11.2 Å². The molecule has 5 N–H and O–H groups in total. The molecular weight excluding hydrogens is 549 g/mol. The van der Waals surface area contributed by atoms with Crippen LogP contribution in [0.15, 0.2) is 24.3 Å². The second-order valence-corrected chi connectivity index (χ2v) is 14.0. The summed E-state index contributed by atoms with van der Waals surface area (Å²) < 4.78 is 42.2. The van der Waals surface area contributed by atoms with E-state index in [4.69, 9.17) is 26.1 Å². The summed E-state index contributed by atoms with van der Waals surface area (Å²) in [7, 11) is -9.19. The first-order chi connectivity index (χ1) is 17.3. The highest BCUT2D eigenvalue weighted by atomic mass is 35.5. The lowest BCUT2D eigenvalue weighted by atomic mass is 10.1. The normalized spacial score (nSPS) is 26.1. The minimum absolute atomic E-state index is 0.00108. The minimum atomic E-state index is -4.87. The molecule has 0 radical (unpaired) electrons. The summed E-state index contributed by atoms with van der Waals surface area (Å²) in [6.45, 7) is 2.04. The van der Waals surface area contributed by atoms with Crippen LogP contribution in [0.4, 0.5) is 5.69 Å². The van der Waals surface area contributed by atoms with E-state index in [1.54, 1.807) is 6.07 Å². The van der Waals surface area contributed by atoms with Gasteiger partial charge < -0.3 is 30.1 Å². The van der Waals surface area contributed by atoms with Crippen molar-refractivity contribution in [1.82, 2.24) is 20.0 Å². The Morgan fingerprint density at radius 2 is 2.00 bits per heavy atom. The van der Waals surface area contributed by atoms with Gasteiger partial charge in [0.2, 0.25) is 0 Å². The zero-order valence-corrected chi connectivity index (χ0v) is 21.9. The van der Waals surface area contributed by atoms with Gasteiger partial charge in [0.1, 0.15) is 23.5 Å². The van der Waals surface area contributed by atoms with Crippen molar-refractivity contribution in [1.29, 1.82) is 0 Å². The minimum Gasteiger partial charge on any atom is -0.387 e. The van der Waals surface area contributed by atoms with Crippen molar-refractivity contribution in [3.63, 3.8) is 0 Å². The van der Waals surface area contributed by atoms with Crippen LogP contribution < -0.4 is 5.32 Å². The number of sulfone groups is 1. The molecule has 3 heterocycles. The summed E-state index contributed by atoms with van der Waals surface area (Å²) in [4.78, 5) is 22.3. The van der Waals surface area contributed by atoms with Crippen LogP contribution in [-0.2, 0) is 25.6 Å². The molecule has 5 rings (SSSR count). The standard InChI is InChI=1S/C21H25ClN5O8PS/c1-10-2-4-12-11(6-10)3-5-13(12)23-14-7-16(22)24-20-17(14)25-26-27(20)21-19(29)18(28)15(35-21)8-37(33,34)9-36(30,31)32/h2,4,6-7,13,15,18-19,21,28-29H,3,5,8-9H2,1H3,(H,23,24)(H2,30,31,32)/t13?,15-,18-,19-,21-/m1/s1. The first-order valence-electron chi connectivity index (χ1n) is 11.4. The number of anilines is 1. The first kappa shape index (κ1) is 26.4. The smallest absolute Gasteiger partial charge is 0.340 e. The van der Waals surface area contributed by atoms with Gasteiger partial charge in [-0.15, -0.1) is 5.10 Å². The molecule has 2 aromatic heterocycles. The predicted molar refractivity (Wildman–Crippen MR) is 133 cm³/mol. The molecule has 0 bridgehead atoms. The van der Waals surface area contributed by atoms with E-state index < -0.39 is 53.2 Å². The Hall–Kier alpha value is -2.16. The van der Waals surface area contributed by atoms with Gasteiger partial charge in [0, 0.05) is 6.07 Å². The van der Waals surface area contributed by atoms with Gasteiger partial charge in [-0.1, -0.05) is 40.6 Å². The van der Waals surface area contributed by atoms with Crippen molar-refractivity contribution in [3.8, 4) is 0 Å². The largest absolute Gasteiger partial charge is 0.387 e. The number of rotatable bonds is 7. The Labute approximate surface area is 216 Å². The van der Waals surface area contributed by atoms with Crippen LogP contribution in [0.5, 0.6) is 0 Å². The molecule has 200 valence electrons. The molecule has 13 nitrogen and oxygen atoms in total. The average molecular weight is 574 g/mol. The van der Waals surface area contributed by atoms with E-state index in [-0.39, 0.29) is 16.8 Å². The number of ether oxygens (including phenoxy) is 1. The van der Waals surface area contributed by atoms with Crippen molar-refractivity contribution in [2.24, 2.45) is 0 Å². The van der Waals surface area contributed by atoms with Gasteiger partial charge in [-0.25, -0.2) is 13.4 Å². The third kappa shape index (κ3) is 5.38. The molecule has 0 saturated carbocycles. The van der Waals surface area contributed by atoms with E-state index in [2.05, 4.69) is 32.7 Å². The molecule has 0 amide bonds. The average Bonchev–Trinajstić information content (AvgIpc) is 3.44. The summed E-state index contributed by atoms with van der Waals surface area (Å²) in [5.74, 6) is -0.916. The zero-order chi connectivity index (χ0) is 26.7. The third-order valence-electron chi connectivity index (χ3n) is 6.47. The number of benzene rings is 1. The summed E-state index contributed by atoms with van der Waals surface area (Å²) >= 11 is 6.28. The number of aromatic nitrogens is 4. The fourth-order valence-corrected chi connectivity index (χ4v) is 8.32. The van der Waals surface area contributed by atoms with E-state index in [9.17, 15) is 23.2 Å². The maximum Gasteiger partial charge on any atom is 0.340 e. The van der Waals surface area contributed by atoms with E-state index in [0.29, 0.717) is 11.2 Å². The molecule has 1 aromatic carbocycles. The van der Waals surface area contributed by atoms with Crippen LogP contribution >= 0.6 is 19.2 Å². The number of nitrogens with zero attached hydrogens (tertiary/aromatic N) is 4. The molecule has 1 fully saturated rings. The fraction of sp³-hybridized carbons (Fsp3) is 0.476. The number of aliphatic hydroxyl groups excluding tert-OH is 2. The van der Waals surface area contributed by atoms with Crippen LogP contribution in [0.1, 0.15) is 35.4 Å². The van der Waals surface area contributed by atoms with E-state index >= 15 is 0 Å². The number of hydrogen-bond donors (Lipinski definition) is 5. The maximum atomic E-state index is 12.2. The lowest BCUT2D eigenvalue weighted by Crippen LogP contribution is -2.36. The van der Waals surface area contributed by atoms with Crippen LogP contribution in [0.3, 0.4) is 0 Å². The number of aliphatic hydroxyl groups is 2. The highest BCUT2D eigenvalue weighted by Crippen LogP contribution is 2.39. The number of fused-ring (bicyclic) bond motifs is 2. The summed E-state index contributed by atoms with van der Waals surface area (Å²) in [5, 5.41) is 32.7. The van der Waals surface area contributed by atoms with E-state index in [0.717, 1.165) is 23.1 Å². The monoisotopic (exact) mass is 573 g/mol. The fourth-order valence-electron chi connectivity index (χ4n) is 4.88. The summed E-state index contributed by atoms with van der Waals surface area (Å²) in [5.41, 5.74) is 3.20. The Balaban J connectivity index is 1.42. The number of halogens is 1. The van der Waals surface area contributed by atoms with Gasteiger partial charge in [0.25, 0.3) is 0 Å². The van der Waals surface area contributed by atoms with Crippen molar-refractivity contribution < 1.29 is 37.7 Å². The van der Waals surface area contributed by atoms with Gasteiger partial charge in [0.15, 0.2) is 32.7 Å². The Morgan fingerprint density at radius 1 is 1.24 bits per heavy atom. The molecule has 16 heteroatoms. The van der Waals surface area contributed by atoms with Crippen LogP contribution in [-0.4, -0.2) is 78.0 Å². The molecule has 1 aliphatic carbocycles. The second-order valence-electron chi connectivity index (χ2n) is 9.39. The van der Waals surface area contributed by atoms with Gasteiger partial charge in [-0.05, 0) is 30.9 Å². The van der Waals surface area contributed by atoms with E-state index in [1.807, 2.05) is 13.0 Å². The summed E-state index contributed by atoms with van der Waals surface area (Å²) in [6, 6.07) is 7.89. The third-order valence-corrected chi connectivity index (χ3v) is 10.4. The lowest BCUT2D eigenvalue weighted by molar-refractivity contribution is -0.0375. The SMILES string of the molecule is Cc1ccc2c(c1)CCC2Nc1cc(Cl)nc2c1nnn2[C@@H]1O[C@H](CS(=O)(=O)CP(=O)(O)O)[C@@H](O)[C@H]1O. The van der Waals surface area contributed by atoms with E-state index in [1.165, 1.54) is 11.1 Å². The summed E-state index contributed by atoms with van der Waals surface area (Å²) in [6.07, 6.45) is -4.37. The quantitative estimate of drug-likeness (QED) is 0.199. The van der Waals surface area contributed by atoms with Crippen molar-refractivity contribution in [2.75, 3.05) is 16.6 Å². The van der Waals surface area contributed by atoms with Gasteiger partial charge in [-0.3, -0.25) is 4.57 Å². The molecule has 37 heavy (non-hydrogen) atoms. The number of hydrogen-bond acceptors (Lipinski definition) is 10. The molecular formula is C21H25ClN5O8PS.